The van der Waals surface area contributed by atoms with E-state index in [-0.39, 0.29) is 12.5 Å². The van der Waals surface area contributed by atoms with Gasteiger partial charge in [-0.3, -0.25) is 9.78 Å². The molecular weight excluding hydrogens is 292 g/mol. The molecule has 1 fully saturated rings. The Hall–Kier alpha value is -2.69. The van der Waals surface area contributed by atoms with Crippen LogP contribution < -0.4 is 5.32 Å². The van der Waals surface area contributed by atoms with E-state index in [4.69, 9.17) is 0 Å². The van der Waals surface area contributed by atoms with Crippen LogP contribution in [0.25, 0.3) is 10.9 Å². The van der Waals surface area contributed by atoms with E-state index >= 15 is 0 Å². The van der Waals surface area contributed by atoms with Gasteiger partial charge in [0.15, 0.2) is 0 Å². The van der Waals surface area contributed by atoms with E-state index in [9.17, 15) is 9.59 Å². The Balaban J connectivity index is 1.81. The van der Waals surface area contributed by atoms with Crippen molar-refractivity contribution in [2.45, 2.75) is 18.8 Å². The number of esters is 1. The Kier molecular flexibility index (Phi) is 4.37. The van der Waals surface area contributed by atoms with E-state index in [0.717, 1.165) is 29.4 Å². The molecule has 1 amide bonds. The number of benzene rings is 1. The monoisotopic (exact) mass is 310 g/mol. The fraction of sp³-hybridized carbons (Fsp3) is 0.278. The van der Waals surface area contributed by atoms with Gasteiger partial charge in [-0.2, -0.15) is 0 Å². The van der Waals surface area contributed by atoms with Crippen LogP contribution in [0.2, 0.25) is 0 Å². The van der Waals surface area contributed by atoms with Gasteiger partial charge in [0.2, 0.25) is 0 Å². The van der Waals surface area contributed by atoms with Crippen molar-refractivity contribution in [2.24, 2.45) is 0 Å². The normalized spacial score (nSPS) is 14.1. The van der Waals surface area contributed by atoms with Gasteiger partial charge in [0.25, 0.3) is 5.91 Å². The van der Waals surface area contributed by atoms with Crippen molar-refractivity contribution in [3.63, 3.8) is 0 Å². The molecule has 5 heteroatoms. The number of nitrogens with one attached hydrogen (secondary N) is 1. The zero-order valence-corrected chi connectivity index (χ0v) is 12.9. The number of hydrogen-bond donors (Lipinski definition) is 1. The van der Waals surface area contributed by atoms with Gasteiger partial charge in [0.1, 0.15) is 0 Å². The lowest BCUT2D eigenvalue weighted by Crippen LogP contribution is -2.24. The maximum Gasteiger partial charge on any atom is 0.330 e. The number of ether oxygens (including phenoxy) is 1. The number of hydrogen-bond acceptors (Lipinski definition) is 4. The molecule has 1 saturated carbocycles. The van der Waals surface area contributed by atoms with E-state index in [1.165, 1.54) is 13.2 Å². The zero-order valence-electron chi connectivity index (χ0n) is 12.9. The van der Waals surface area contributed by atoms with Crippen molar-refractivity contribution in [3.8, 4) is 0 Å². The summed E-state index contributed by atoms with van der Waals surface area (Å²) in [6.45, 7) is 0.267. The number of nitrogens with zero attached hydrogens (tertiary/aromatic N) is 1. The minimum absolute atomic E-state index is 0.167. The lowest BCUT2D eigenvalue weighted by atomic mass is 10.1. The molecule has 0 spiro atoms. The van der Waals surface area contributed by atoms with E-state index in [0.29, 0.717) is 11.5 Å². The number of para-hydroxylation sites is 1. The smallest absolute Gasteiger partial charge is 0.330 e. The Morgan fingerprint density at radius 1 is 1.35 bits per heavy atom. The molecule has 1 aromatic carbocycles. The predicted octanol–water partition coefficient (Wildman–Crippen LogP) is 2.57. The number of carbonyl (C=O) groups is 2. The van der Waals surface area contributed by atoms with Crippen LogP contribution in [0.1, 0.15) is 34.8 Å². The average Bonchev–Trinajstić information content (AvgIpc) is 3.42. The highest BCUT2D eigenvalue weighted by atomic mass is 16.5. The second-order valence-corrected chi connectivity index (χ2v) is 5.52. The minimum atomic E-state index is -0.440. The standard InChI is InChI=1S/C18H18N2O3/c1-23-17(21)7-4-10-19-18(22)14-11-16(12-8-9-12)20-15-6-3-2-5-13(14)15/h2-7,11-12H,8-10H2,1H3,(H,19,22)/b7-4+. The summed E-state index contributed by atoms with van der Waals surface area (Å²) in [7, 11) is 1.31. The topological polar surface area (TPSA) is 68.3 Å². The average molecular weight is 310 g/mol. The van der Waals surface area contributed by atoms with Gasteiger partial charge in [0, 0.05) is 29.6 Å². The minimum Gasteiger partial charge on any atom is -0.466 e. The molecule has 0 atom stereocenters. The number of amides is 1. The highest BCUT2D eigenvalue weighted by molar-refractivity contribution is 6.06. The van der Waals surface area contributed by atoms with Crippen molar-refractivity contribution in [2.75, 3.05) is 13.7 Å². The third-order valence-electron chi connectivity index (χ3n) is 3.81. The van der Waals surface area contributed by atoms with Crippen molar-refractivity contribution in [3.05, 3.63) is 53.7 Å². The van der Waals surface area contributed by atoms with Crippen molar-refractivity contribution in [1.82, 2.24) is 10.3 Å². The van der Waals surface area contributed by atoms with Gasteiger partial charge in [0.05, 0.1) is 18.2 Å². The number of aromatic nitrogens is 1. The third-order valence-corrected chi connectivity index (χ3v) is 3.81. The molecule has 0 bridgehead atoms. The number of pyridine rings is 1. The fourth-order valence-electron chi connectivity index (χ4n) is 2.44. The summed E-state index contributed by atoms with van der Waals surface area (Å²) in [6.07, 6.45) is 5.12. The SMILES string of the molecule is COC(=O)/C=C/CNC(=O)c1cc(C2CC2)nc2ccccc12. The quantitative estimate of drug-likeness (QED) is 0.681. The fourth-order valence-corrected chi connectivity index (χ4v) is 2.44. The molecule has 1 heterocycles. The first-order valence-electron chi connectivity index (χ1n) is 7.61. The maximum absolute atomic E-state index is 12.5. The molecule has 0 radical (unpaired) electrons. The lowest BCUT2D eigenvalue weighted by Gasteiger charge is -2.09. The Morgan fingerprint density at radius 3 is 2.87 bits per heavy atom. The van der Waals surface area contributed by atoms with Crippen LogP contribution in [0.4, 0.5) is 0 Å². The molecule has 0 aliphatic heterocycles. The summed E-state index contributed by atoms with van der Waals surface area (Å²) >= 11 is 0. The molecule has 2 aromatic rings. The van der Waals surface area contributed by atoms with E-state index < -0.39 is 5.97 Å². The van der Waals surface area contributed by atoms with Crippen LogP contribution >= 0.6 is 0 Å². The highest BCUT2D eigenvalue weighted by Gasteiger charge is 2.26. The first-order chi connectivity index (χ1) is 11.2. The Labute approximate surface area is 134 Å². The van der Waals surface area contributed by atoms with E-state index in [1.54, 1.807) is 6.08 Å². The maximum atomic E-state index is 12.5. The number of methoxy groups -OCH3 is 1. The van der Waals surface area contributed by atoms with Gasteiger partial charge in [-0.05, 0) is 25.0 Å². The molecule has 1 aliphatic carbocycles. The molecule has 1 aromatic heterocycles. The van der Waals surface area contributed by atoms with Gasteiger partial charge < -0.3 is 10.1 Å². The second-order valence-electron chi connectivity index (χ2n) is 5.52. The predicted molar refractivity (Wildman–Crippen MR) is 87.2 cm³/mol. The Morgan fingerprint density at radius 2 is 2.13 bits per heavy atom. The number of fused-ring (bicyclic) bond motifs is 1. The van der Waals surface area contributed by atoms with Crippen LogP contribution in [0.5, 0.6) is 0 Å². The molecule has 1 N–H and O–H groups in total. The largest absolute Gasteiger partial charge is 0.466 e. The molecule has 0 saturated heterocycles. The molecule has 23 heavy (non-hydrogen) atoms. The summed E-state index contributed by atoms with van der Waals surface area (Å²) in [5.74, 6) is -0.130. The van der Waals surface area contributed by atoms with Crippen LogP contribution in [0.3, 0.4) is 0 Å². The number of carbonyl (C=O) groups excluding carboxylic acids is 2. The first-order valence-corrected chi connectivity index (χ1v) is 7.61. The van der Waals surface area contributed by atoms with Crippen molar-refractivity contribution >= 4 is 22.8 Å². The molecule has 0 unspecified atom stereocenters. The van der Waals surface area contributed by atoms with Gasteiger partial charge >= 0.3 is 5.97 Å². The van der Waals surface area contributed by atoms with Crippen molar-refractivity contribution < 1.29 is 14.3 Å². The molecule has 3 rings (SSSR count). The van der Waals surface area contributed by atoms with E-state index in [1.807, 2.05) is 30.3 Å². The first kappa shape index (κ1) is 15.2. The summed E-state index contributed by atoms with van der Waals surface area (Å²) in [5.41, 5.74) is 2.45. The second kappa shape index (κ2) is 6.60. The molecular formula is C18H18N2O3. The van der Waals surface area contributed by atoms with Crippen molar-refractivity contribution in [1.29, 1.82) is 0 Å². The van der Waals surface area contributed by atoms with Gasteiger partial charge in [-0.1, -0.05) is 24.3 Å². The summed E-state index contributed by atoms with van der Waals surface area (Å²) < 4.78 is 4.50. The zero-order chi connectivity index (χ0) is 16.2. The van der Waals surface area contributed by atoms with Crippen LogP contribution in [0.15, 0.2) is 42.5 Å². The van der Waals surface area contributed by atoms with Gasteiger partial charge in [-0.15, -0.1) is 0 Å². The van der Waals surface area contributed by atoms with E-state index in [2.05, 4.69) is 15.0 Å². The summed E-state index contributed by atoms with van der Waals surface area (Å²) in [5, 5.41) is 3.64. The molecule has 5 nitrogen and oxygen atoms in total. The molecule has 1 aliphatic rings. The Bertz CT molecular complexity index is 779. The van der Waals surface area contributed by atoms with Crippen LogP contribution in [-0.4, -0.2) is 30.5 Å². The number of rotatable bonds is 5. The third kappa shape index (κ3) is 3.56. The van der Waals surface area contributed by atoms with Crippen LogP contribution in [0, 0.1) is 0 Å². The van der Waals surface area contributed by atoms with Crippen LogP contribution in [-0.2, 0) is 9.53 Å². The molecule has 118 valence electrons. The van der Waals surface area contributed by atoms with Gasteiger partial charge in [-0.25, -0.2) is 4.79 Å². The highest BCUT2D eigenvalue weighted by Crippen LogP contribution is 2.40. The lowest BCUT2D eigenvalue weighted by molar-refractivity contribution is -0.134. The summed E-state index contributed by atoms with van der Waals surface area (Å²) in [6, 6.07) is 9.54. The summed E-state index contributed by atoms with van der Waals surface area (Å²) in [4.78, 5) is 28.1.